The summed E-state index contributed by atoms with van der Waals surface area (Å²) in [6.07, 6.45) is 25.1. The van der Waals surface area contributed by atoms with Gasteiger partial charge < -0.3 is 9.47 Å². The van der Waals surface area contributed by atoms with Crippen LogP contribution in [0, 0.1) is 11.8 Å². The molecule has 5 aliphatic carbocycles. The van der Waals surface area contributed by atoms with E-state index >= 15 is 0 Å². The summed E-state index contributed by atoms with van der Waals surface area (Å²) in [7, 11) is 0. The third-order valence-corrected chi connectivity index (χ3v) is 15.1. The van der Waals surface area contributed by atoms with Gasteiger partial charge in [0.15, 0.2) is 0 Å². The Labute approximate surface area is 381 Å². The van der Waals surface area contributed by atoms with Crippen LogP contribution in [0.4, 0.5) is 5.69 Å². The maximum absolute atomic E-state index is 2.55. The molecule has 0 bridgehead atoms. The first kappa shape index (κ1) is 37.8. The summed E-state index contributed by atoms with van der Waals surface area (Å²) in [5.74, 6) is 1.04. The number of aromatic nitrogens is 1. The summed E-state index contributed by atoms with van der Waals surface area (Å²) >= 11 is 0. The van der Waals surface area contributed by atoms with Crippen LogP contribution >= 0.6 is 0 Å². The molecule has 0 saturated carbocycles. The molecule has 0 fully saturated rings. The van der Waals surface area contributed by atoms with Gasteiger partial charge in [-0.3, -0.25) is 0 Å². The van der Waals surface area contributed by atoms with E-state index in [9.17, 15) is 0 Å². The summed E-state index contributed by atoms with van der Waals surface area (Å²) in [5.41, 5.74) is 20.7. The number of hydrogen-bond donors (Lipinski definition) is 0. The molecule has 0 N–H and O–H groups in total. The van der Waals surface area contributed by atoms with Crippen LogP contribution < -0.4 is 4.90 Å². The number of nitrogens with zero attached hydrogens (tertiary/aromatic N) is 2. The molecule has 310 valence electrons. The maximum atomic E-state index is 2.55. The number of allylic oxidation sites excluding steroid dienone is 13. The van der Waals surface area contributed by atoms with Crippen molar-refractivity contribution in [1.82, 2.24) is 4.57 Å². The third kappa shape index (κ3) is 5.73. The molecule has 3 atom stereocenters. The van der Waals surface area contributed by atoms with Crippen molar-refractivity contribution < 1.29 is 0 Å². The first-order valence-electron chi connectivity index (χ1n) is 23.3. The van der Waals surface area contributed by atoms with E-state index in [1.807, 2.05) is 0 Å². The van der Waals surface area contributed by atoms with Gasteiger partial charge in [0, 0.05) is 45.4 Å². The van der Waals surface area contributed by atoms with E-state index in [1.165, 1.54) is 100 Å². The molecule has 0 radical (unpaired) electrons. The molecule has 2 nitrogen and oxygen atoms in total. The summed E-state index contributed by atoms with van der Waals surface area (Å²) < 4.78 is 2.40. The smallest absolute Gasteiger partial charge is 0.0541 e. The number of hydrogen-bond acceptors (Lipinski definition) is 1. The van der Waals surface area contributed by atoms with Crippen molar-refractivity contribution >= 4 is 38.6 Å². The summed E-state index contributed by atoms with van der Waals surface area (Å²) in [6, 6.07) is 63.6. The van der Waals surface area contributed by atoms with E-state index in [0.29, 0.717) is 11.8 Å². The average Bonchev–Trinajstić information content (AvgIpc) is 3.87. The summed E-state index contributed by atoms with van der Waals surface area (Å²) in [4.78, 5) is 2.55. The molecule has 1 aromatic heterocycles. The lowest BCUT2D eigenvalue weighted by molar-refractivity contribution is 0.482. The molecule has 1 spiro atoms. The van der Waals surface area contributed by atoms with E-state index in [-0.39, 0.29) is 11.3 Å². The second kappa shape index (κ2) is 15.0. The molecule has 13 rings (SSSR count). The van der Waals surface area contributed by atoms with Crippen LogP contribution in [0.2, 0.25) is 0 Å². The van der Waals surface area contributed by atoms with Gasteiger partial charge in [0.25, 0.3) is 0 Å². The second-order valence-corrected chi connectivity index (χ2v) is 18.4. The zero-order valence-corrected chi connectivity index (χ0v) is 36.5. The van der Waals surface area contributed by atoms with Gasteiger partial charge >= 0.3 is 0 Å². The fraction of sp³-hybridized carbons (Fsp3) is 0.111. The Morgan fingerprint density at radius 2 is 1.23 bits per heavy atom. The Morgan fingerprint density at radius 1 is 0.569 bits per heavy atom. The molecule has 5 aliphatic rings. The number of benzene rings is 7. The molecular formula is C63H48N2. The Kier molecular flexibility index (Phi) is 8.71. The van der Waals surface area contributed by atoms with Crippen LogP contribution in [0.1, 0.15) is 59.1 Å². The van der Waals surface area contributed by atoms with E-state index < -0.39 is 0 Å². The van der Waals surface area contributed by atoms with Crippen molar-refractivity contribution in [2.24, 2.45) is 11.8 Å². The monoisotopic (exact) mass is 832 g/mol. The molecule has 65 heavy (non-hydrogen) atoms. The van der Waals surface area contributed by atoms with Crippen molar-refractivity contribution in [1.29, 1.82) is 0 Å². The van der Waals surface area contributed by atoms with Crippen molar-refractivity contribution in [3.05, 3.63) is 275 Å². The zero-order valence-electron chi connectivity index (χ0n) is 36.5. The predicted octanol–water partition coefficient (Wildman–Crippen LogP) is 15.7. The lowest BCUT2D eigenvalue weighted by atomic mass is 9.65. The molecule has 3 unspecified atom stereocenters. The third-order valence-electron chi connectivity index (χ3n) is 15.1. The standard InChI is InChI=1S/C63H48N2/c1-42-16-5-6-21-50(42)44-31-35-48(36-32-44)64(47-20-15-17-43(30-34-47)45-33-39-62-56(40-45)55-25-10-14-29-61(55)65(62)46-18-3-2-4-19-46)49-37-38-54-53-24-9-13-28-59(53)63(60(54)41-49)57-26-11-7-22-51(57)52-23-8-12-27-58(52)63/h2-16,18-40,42,50,60H,17,41H2,1H3. The van der Waals surface area contributed by atoms with Crippen molar-refractivity contribution in [2.45, 2.75) is 31.1 Å². The van der Waals surface area contributed by atoms with Crippen molar-refractivity contribution in [3.8, 4) is 16.8 Å². The van der Waals surface area contributed by atoms with E-state index in [0.717, 1.165) is 12.8 Å². The molecule has 0 aliphatic heterocycles. The highest BCUT2D eigenvalue weighted by atomic mass is 15.2. The lowest BCUT2D eigenvalue weighted by Crippen LogP contribution is -2.35. The van der Waals surface area contributed by atoms with Gasteiger partial charge in [0.1, 0.15) is 0 Å². The van der Waals surface area contributed by atoms with Gasteiger partial charge in [-0.05, 0) is 135 Å². The Hall–Kier alpha value is -7.68. The minimum atomic E-state index is -0.287. The first-order valence-corrected chi connectivity index (χ1v) is 23.3. The highest BCUT2D eigenvalue weighted by Crippen LogP contribution is 2.66. The van der Waals surface area contributed by atoms with Crippen molar-refractivity contribution in [2.75, 3.05) is 4.90 Å². The number of anilines is 1. The van der Waals surface area contributed by atoms with Crippen LogP contribution in [0.5, 0.6) is 0 Å². The fourth-order valence-electron chi connectivity index (χ4n) is 12.2. The Balaban J connectivity index is 0.940. The zero-order chi connectivity index (χ0) is 43.1. The average molecular weight is 833 g/mol. The highest BCUT2D eigenvalue weighted by Gasteiger charge is 2.56. The summed E-state index contributed by atoms with van der Waals surface area (Å²) in [6.45, 7) is 2.32. The molecular weight excluding hydrogens is 785 g/mol. The van der Waals surface area contributed by atoms with Crippen LogP contribution in [-0.2, 0) is 5.41 Å². The summed E-state index contributed by atoms with van der Waals surface area (Å²) in [5, 5.41) is 2.55. The number of rotatable bonds is 6. The Morgan fingerprint density at radius 3 is 2.00 bits per heavy atom. The number of para-hydroxylation sites is 2. The normalized spacial score (nSPS) is 19.8. The second-order valence-electron chi connectivity index (χ2n) is 18.4. The van der Waals surface area contributed by atoms with Crippen LogP contribution in [-0.4, -0.2) is 4.57 Å². The van der Waals surface area contributed by atoms with Crippen LogP contribution in [0.25, 0.3) is 49.8 Å². The minimum Gasteiger partial charge on any atom is -0.314 e. The molecule has 0 amide bonds. The van der Waals surface area contributed by atoms with Crippen LogP contribution in [0.3, 0.4) is 0 Å². The largest absolute Gasteiger partial charge is 0.314 e. The quantitative estimate of drug-likeness (QED) is 0.162. The SMILES string of the molecule is CC1C=CC=CC1c1ccc(N(C2=CC=C(c3ccc4c(c3)c3ccccc3n4-c3ccccc3)CC=C2)C2=CC=C3c4ccccc4C4(c5ccccc5-c5ccccc54)C3C2)cc1. The molecule has 1 heterocycles. The van der Waals surface area contributed by atoms with E-state index in [1.54, 1.807) is 0 Å². The van der Waals surface area contributed by atoms with Gasteiger partial charge in [-0.15, -0.1) is 0 Å². The topological polar surface area (TPSA) is 8.17 Å². The molecule has 8 aromatic rings. The molecule has 2 heteroatoms. The van der Waals surface area contributed by atoms with Gasteiger partial charge in [0.2, 0.25) is 0 Å². The highest BCUT2D eigenvalue weighted by molar-refractivity contribution is 6.10. The molecule has 0 saturated heterocycles. The van der Waals surface area contributed by atoms with Gasteiger partial charge in [-0.25, -0.2) is 0 Å². The Bertz CT molecular complexity index is 3410. The van der Waals surface area contributed by atoms with Gasteiger partial charge in [-0.2, -0.15) is 0 Å². The number of fused-ring (bicyclic) bond motifs is 13. The van der Waals surface area contributed by atoms with Crippen molar-refractivity contribution in [3.63, 3.8) is 0 Å². The van der Waals surface area contributed by atoms with E-state index in [4.69, 9.17) is 0 Å². The minimum absolute atomic E-state index is 0.220. The van der Waals surface area contributed by atoms with E-state index in [2.05, 4.69) is 247 Å². The fourth-order valence-corrected chi connectivity index (χ4v) is 12.2. The van der Waals surface area contributed by atoms with Gasteiger partial charge in [-0.1, -0.05) is 177 Å². The first-order chi connectivity index (χ1) is 32.2. The maximum Gasteiger partial charge on any atom is 0.0541 e. The molecule has 7 aromatic carbocycles. The van der Waals surface area contributed by atoms with Crippen LogP contribution in [0.15, 0.2) is 242 Å². The van der Waals surface area contributed by atoms with Gasteiger partial charge in [0.05, 0.1) is 16.4 Å². The predicted molar refractivity (Wildman–Crippen MR) is 272 cm³/mol. The lowest BCUT2D eigenvalue weighted by Gasteiger charge is -2.39.